The lowest BCUT2D eigenvalue weighted by molar-refractivity contribution is -0.140. The first-order valence-electron chi connectivity index (χ1n) is 13.5. The monoisotopic (exact) mass is 599 g/mol. The van der Waals surface area contributed by atoms with Gasteiger partial charge in [-0.3, -0.25) is 13.9 Å². The van der Waals surface area contributed by atoms with Crippen LogP contribution in [0, 0.1) is 12.8 Å². The first kappa shape index (κ1) is 32.0. The molecule has 1 unspecified atom stereocenters. The molecule has 0 radical (unpaired) electrons. The highest BCUT2D eigenvalue weighted by molar-refractivity contribution is 7.92. The number of hydrogen-bond donors (Lipinski definition) is 1. The normalized spacial score (nSPS) is 12.1. The van der Waals surface area contributed by atoms with Crippen molar-refractivity contribution in [3.8, 4) is 5.75 Å². The molecule has 0 saturated heterocycles. The van der Waals surface area contributed by atoms with E-state index in [1.54, 1.807) is 36.4 Å². The molecule has 3 rings (SSSR count). The molecule has 0 aliphatic heterocycles. The molecule has 0 heterocycles. The molecule has 8 nitrogen and oxygen atoms in total. The molecular weight excluding hydrogens is 562 g/mol. The van der Waals surface area contributed by atoms with Gasteiger partial charge in [0, 0.05) is 18.1 Å². The van der Waals surface area contributed by atoms with Gasteiger partial charge >= 0.3 is 0 Å². The molecule has 41 heavy (non-hydrogen) atoms. The molecule has 0 aliphatic carbocycles. The minimum atomic E-state index is -4.19. The van der Waals surface area contributed by atoms with E-state index in [4.69, 9.17) is 16.3 Å². The number of amides is 2. The third-order valence-electron chi connectivity index (χ3n) is 6.58. The lowest BCUT2D eigenvalue weighted by Gasteiger charge is -2.33. The van der Waals surface area contributed by atoms with E-state index in [1.165, 1.54) is 24.1 Å². The van der Waals surface area contributed by atoms with Crippen LogP contribution in [-0.4, -0.2) is 51.4 Å². The maximum atomic E-state index is 14.1. The summed E-state index contributed by atoms with van der Waals surface area (Å²) in [6.45, 7) is 7.87. The van der Waals surface area contributed by atoms with E-state index in [1.807, 2.05) is 52.0 Å². The van der Waals surface area contributed by atoms with Crippen LogP contribution in [-0.2, 0) is 26.2 Å². The first-order valence-corrected chi connectivity index (χ1v) is 15.3. The topological polar surface area (TPSA) is 96.0 Å². The Labute approximate surface area is 248 Å². The van der Waals surface area contributed by atoms with Crippen LogP contribution in [0.1, 0.15) is 38.3 Å². The molecule has 0 bridgehead atoms. The van der Waals surface area contributed by atoms with E-state index >= 15 is 0 Å². The van der Waals surface area contributed by atoms with Gasteiger partial charge in [0.2, 0.25) is 11.8 Å². The van der Waals surface area contributed by atoms with Crippen LogP contribution in [0.4, 0.5) is 5.69 Å². The van der Waals surface area contributed by atoms with E-state index in [0.717, 1.165) is 15.4 Å². The number of anilines is 1. The maximum absolute atomic E-state index is 14.1. The Kier molecular flexibility index (Phi) is 11.2. The molecule has 0 fully saturated rings. The zero-order valence-corrected chi connectivity index (χ0v) is 25.7. The number of nitrogens with one attached hydrogen (secondary N) is 1. The molecule has 2 amide bonds. The quantitative estimate of drug-likeness (QED) is 0.283. The van der Waals surface area contributed by atoms with Gasteiger partial charge < -0.3 is 15.0 Å². The van der Waals surface area contributed by atoms with Crippen molar-refractivity contribution in [1.29, 1.82) is 0 Å². The van der Waals surface area contributed by atoms with Crippen molar-refractivity contribution in [2.45, 2.75) is 51.6 Å². The number of ether oxygens (including phenoxy) is 1. The average Bonchev–Trinajstić information content (AvgIpc) is 2.96. The molecule has 0 aliphatic rings. The van der Waals surface area contributed by atoms with Crippen molar-refractivity contribution in [2.24, 2.45) is 5.92 Å². The lowest BCUT2D eigenvalue weighted by atomic mass is 10.1. The fourth-order valence-corrected chi connectivity index (χ4v) is 5.78. The van der Waals surface area contributed by atoms with Gasteiger partial charge in [-0.2, -0.15) is 0 Å². The van der Waals surface area contributed by atoms with Crippen LogP contribution in [0.25, 0.3) is 0 Å². The van der Waals surface area contributed by atoms with Gasteiger partial charge in [-0.05, 0) is 73.4 Å². The summed E-state index contributed by atoms with van der Waals surface area (Å²) in [6.07, 6.45) is 0.355. The van der Waals surface area contributed by atoms with Crippen LogP contribution in [0.5, 0.6) is 5.75 Å². The van der Waals surface area contributed by atoms with Gasteiger partial charge in [0.15, 0.2) is 0 Å². The Morgan fingerprint density at radius 3 is 2.10 bits per heavy atom. The van der Waals surface area contributed by atoms with E-state index in [2.05, 4.69) is 5.32 Å². The molecule has 3 aromatic carbocycles. The van der Waals surface area contributed by atoms with Gasteiger partial charge in [0.1, 0.15) is 18.3 Å². The number of carbonyl (C=O) groups excluding carboxylic acids is 2. The smallest absolute Gasteiger partial charge is 0.264 e. The number of nitrogens with zero attached hydrogens (tertiary/aromatic N) is 2. The van der Waals surface area contributed by atoms with Crippen LogP contribution in [0.15, 0.2) is 77.7 Å². The van der Waals surface area contributed by atoms with Gasteiger partial charge in [0.25, 0.3) is 10.0 Å². The van der Waals surface area contributed by atoms with Crippen molar-refractivity contribution in [1.82, 2.24) is 10.2 Å². The summed E-state index contributed by atoms with van der Waals surface area (Å²) in [5, 5.41) is 3.36. The largest absolute Gasteiger partial charge is 0.497 e. The third kappa shape index (κ3) is 8.47. The summed E-state index contributed by atoms with van der Waals surface area (Å²) >= 11 is 6.08. The molecule has 1 atom stereocenters. The number of halogens is 1. The zero-order chi connectivity index (χ0) is 30.2. The summed E-state index contributed by atoms with van der Waals surface area (Å²) in [4.78, 5) is 28.8. The van der Waals surface area contributed by atoms with Crippen LogP contribution >= 0.6 is 11.6 Å². The zero-order valence-electron chi connectivity index (χ0n) is 24.1. The second-order valence-electron chi connectivity index (χ2n) is 10.2. The predicted molar refractivity (Wildman–Crippen MR) is 163 cm³/mol. The molecule has 0 aromatic heterocycles. The van der Waals surface area contributed by atoms with E-state index in [9.17, 15) is 18.0 Å². The van der Waals surface area contributed by atoms with Crippen LogP contribution < -0.4 is 14.4 Å². The number of benzene rings is 3. The Hall–Kier alpha value is -3.56. The van der Waals surface area contributed by atoms with Crippen molar-refractivity contribution in [3.63, 3.8) is 0 Å². The Bertz CT molecular complexity index is 1410. The highest BCUT2D eigenvalue weighted by Gasteiger charge is 2.33. The Morgan fingerprint density at radius 1 is 0.951 bits per heavy atom. The first-order chi connectivity index (χ1) is 19.5. The molecule has 0 saturated carbocycles. The number of hydrogen-bond acceptors (Lipinski definition) is 5. The molecule has 220 valence electrons. The average molecular weight is 600 g/mol. The number of sulfonamides is 1. The standard InChI is InChI=1S/C31H38ClN3O5S/c1-6-29(31(37)33-19-22(2)3)34(20-24-9-7-23(4)8-10-24)30(36)21-35(26-13-11-25(32)12-14-26)41(38,39)28-17-15-27(40-5)16-18-28/h7-18,22,29H,6,19-21H2,1-5H3,(H,33,37). The number of carbonyl (C=O) groups is 2. The minimum Gasteiger partial charge on any atom is -0.497 e. The highest BCUT2D eigenvalue weighted by atomic mass is 35.5. The third-order valence-corrected chi connectivity index (χ3v) is 8.62. The second-order valence-corrected chi connectivity index (χ2v) is 12.5. The van der Waals surface area contributed by atoms with E-state index in [0.29, 0.717) is 23.7 Å². The molecule has 10 heteroatoms. The molecule has 1 N–H and O–H groups in total. The fraction of sp³-hybridized carbons (Fsp3) is 0.355. The SMILES string of the molecule is CCC(C(=O)NCC(C)C)N(Cc1ccc(C)cc1)C(=O)CN(c1ccc(Cl)cc1)S(=O)(=O)c1ccc(OC)cc1. The van der Waals surface area contributed by atoms with Crippen LogP contribution in [0.3, 0.4) is 0 Å². The molecule has 0 spiro atoms. The maximum Gasteiger partial charge on any atom is 0.264 e. The lowest BCUT2D eigenvalue weighted by Crippen LogP contribution is -2.52. The summed E-state index contributed by atoms with van der Waals surface area (Å²) in [5.41, 5.74) is 2.16. The predicted octanol–water partition coefficient (Wildman–Crippen LogP) is 5.43. The minimum absolute atomic E-state index is 0.00662. The summed E-state index contributed by atoms with van der Waals surface area (Å²) in [7, 11) is -2.69. The fourth-order valence-electron chi connectivity index (χ4n) is 4.24. The summed E-state index contributed by atoms with van der Waals surface area (Å²) in [6, 6.07) is 19.1. The van der Waals surface area contributed by atoms with Crippen molar-refractivity contribution < 1.29 is 22.7 Å². The van der Waals surface area contributed by atoms with Crippen LogP contribution in [0.2, 0.25) is 5.02 Å². The van der Waals surface area contributed by atoms with Crippen molar-refractivity contribution in [2.75, 3.05) is 24.5 Å². The highest BCUT2D eigenvalue weighted by Crippen LogP contribution is 2.27. The number of aryl methyl sites for hydroxylation is 1. The summed E-state index contributed by atoms with van der Waals surface area (Å²) < 4.78 is 34.1. The van der Waals surface area contributed by atoms with Crippen molar-refractivity contribution in [3.05, 3.63) is 88.9 Å². The summed E-state index contributed by atoms with van der Waals surface area (Å²) in [5.74, 6) is -0.0600. The van der Waals surface area contributed by atoms with Gasteiger partial charge in [0.05, 0.1) is 17.7 Å². The van der Waals surface area contributed by atoms with Crippen molar-refractivity contribution >= 4 is 39.1 Å². The van der Waals surface area contributed by atoms with Gasteiger partial charge in [-0.1, -0.05) is 62.2 Å². The molecular formula is C31H38ClN3O5S. The van der Waals surface area contributed by atoms with Gasteiger partial charge in [-0.15, -0.1) is 0 Å². The Balaban J connectivity index is 2.03. The number of rotatable bonds is 13. The second kappa shape index (κ2) is 14.4. The van der Waals surface area contributed by atoms with Gasteiger partial charge in [-0.25, -0.2) is 8.42 Å². The van der Waals surface area contributed by atoms with E-state index in [-0.39, 0.29) is 29.0 Å². The Morgan fingerprint density at radius 2 is 1.56 bits per heavy atom. The number of methoxy groups -OCH3 is 1. The van der Waals surface area contributed by atoms with E-state index < -0.39 is 28.5 Å². The molecule has 3 aromatic rings.